The Labute approximate surface area is 120 Å². The first kappa shape index (κ1) is 14.9. The van der Waals surface area contributed by atoms with Crippen LogP contribution in [0.2, 0.25) is 0 Å². The number of nitrogens with zero attached hydrogens (tertiary/aromatic N) is 2. The van der Waals surface area contributed by atoms with Crippen LogP contribution in [0.1, 0.15) is 29.7 Å². The van der Waals surface area contributed by atoms with Crippen LogP contribution in [0, 0.1) is 13.8 Å². The first-order valence-electron chi connectivity index (χ1n) is 7.14. The van der Waals surface area contributed by atoms with Crippen molar-refractivity contribution in [3.05, 3.63) is 29.1 Å². The van der Waals surface area contributed by atoms with E-state index in [0.717, 1.165) is 36.2 Å². The molecule has 1 aliphatic rings. The van der Waals surface area contributed by atoms with Crippen LogP contribution >= 0.6 is 0 Å². The summed E-state index contributed by atoms with van der Waals surface area (Å²) < 4.78 is 0. The van der Waals surface area contributed by atoms with Gasteiger partial charge in [-0.1, -0.05) is 0 Å². The second-order valence-corrected chi connectivity index (χ2v) is 5.56. The molecule has 0 radical (unpaired) electrons. The SMILES string of the molecule is Cc1cc(C)c(CNC(=O)CN2CCC[C@H](O)C2)cn1. The number of aliphatic hydroxyl groups is 1. The maximum atomic E-state index is 11.9. The van der Waals surface area contributed by atoms with Gasteiger partial charge in [0.1, 0.15) is 0 Å². The molecule has 0 aliphatic carbocycles. The average Bonchev–Trinajstić information content (AvgIpc) is 2.37. The van der Waals surface area contributed by atoms with Crippen LogP contribution in [0.3, 0.4) is 0 Å². The second kappa shape index (κ2) is 6.81. The minimum atomic E-state index is -0.292. The van der Waals surface area contributed by atoms with E-state index in [1.54, 1.807) is 0 Å². The van der Waals surface area contributed by atoms with Crippen molar-refractivity contribution in [1.29, 1.82) is 0 Å². The van der Waals surface area contributed by atoms with Gasteiger partial charge < -0.3 is 10.4 Å². The quantitative estimate of drug-likeness (QED) is 0.853. The molecule has 1 aromatic rings. The Morgan fingerprint density at radius 2 is 2.35 bits per heavy atom. The predicted octanol–water partition coefficient (Wildman–Crippen LogP) is 0.771. The first-order chi connectivity index (χ1) is 9.54. The van der Waals surface area contributed by atoms with Crippen LogP contribution in [0.4, 0.5) is 0 Å². The topological polar surface area (TPSA) is 65.5 Å². The molecule has 0 saturated carbocycles. The maximum absolute atomic E-state index is 11.9. The van der Waals surface area contributed by atoms with Gasteiger partial charge in [0.2, 0.25) is 5.91 Å². The van der Waals surface area contributed by atoms with E-state index in [2.05, 4.69) is 10.3 Å². The number of aryl methyl sites for hydroxylation is 2. The van der Waals surface area contributed by atoms with Crippen molar-refractivity contribution >= 4 is 5.91 Å². The fraction of sp³-hybridized carbons (Fsp3) is 0.600. The third-order valence-corrected chi connectivity index (χ3v) is 3.68. The molecular formula is C15H23N3O2. The van der Waals surface area contributed by atoms with Crippen LogP contribution < -0.4 is 5.32 Å². The molecule has 1 aliphatic heterocycles. The lowest BCUT2D eigenvalue weighted by Gasteiger charge is -2.29. The standard InChI is InChI=1S/C15H23N3O2/c1-11-6-12(2)16-7-13(11)8-17-15(20)10-18-5-3-4-14(19)9-18/h6-7,14,19H,3-5,8-10H2,1-2H3,(H,17,20)/t14-/m0/s1. The molecule has 1 atom stereocenters. The third-order valence-electron chi connectivity index (χ3n) is 3.68. The van der Waals surface area contributed by atoms with Crippen LogP contribution in [0.25, 0.3) is 0 Å². The van der Waals surface area contributed by atoms with E-state index in [1.807, 2.05) is 31.0 Å². The van der Waals surface area contributed by atoms with Crippen molar-refractivity contribution < 1.29 is 9.90 Å². The van der Waals surface area contributed by atoms with E-state index in [9.17, 15) is 9.90 Å². The molecule has 0 unspecified atom stereocenters. The third kappa shape index (κ3) is 4.28. The van der Waals surface area contributed by atoms with Crippen molar-refractivity contribution in [2.24, 2.45) is 0 Å². The average molecular weight is 277 g/mol. The van der Waals surface area contributed by atoms with Gasteiger partial charge >= 0.3 is 0 Å². The lowest BCUT2D eigenvalue weighted by molar-refractivity contribution is -0.123. The minimum Gasteiger partial charge on any atom is -0.392 e. The maximum Gasteiger partial charge on any atom is 0.234 e. The van der Waals surface area contributed by atoms with E-state index < -0.39 is 0 Å². The number of piperidine rings is 1. The first-order valence-corrected chi connectivity index (χ1v) is 7.14. The molecule has 0 bridgehead atoms. The zero-order chi connectivity index (χ0) is 14.5. The Morgan fingerprint density at radius 1 is 1.55 bits per heavy atom. The Balaban J connectivity index is 1.80. The number of amides is 1. The molecule has 2 rings (SSSR count). The number of aromatic nitrogens is 1. The number of hydrogen-bond acceptors (Lipinski definition) is 4. The van der Waals surface area contributed by atoms with Gasteiger partial charge in [0.15, 0.2) is 0 Å². The molecule has 1 fully saturated rings. The van der Waals surface area contributed by atoms with E-state index in [0.29, 0.717) is 19.6 Å². The molecule has 0 spiro atoms. The van der Waals surface area contributed by atoms with E-state index in [1.165, 1.54) is 0 Å². The summed E-state index contributed by atoms with van der Waals surface area (Å²) in [6, 6.07) is 2.02. The molecule has 0 aromatic carbocycles. The number of hydrogen-bond donors (Lipinski definition) is 2. The zero-order valence-electron chi connectivity index (χ0n) is 12.2. The molecule has 1 aromatic heterocycles. The number of carbonyl (C=O) groups is 1. The molecule has 5 heteroatoms. The highest BCUT2D eigenvalue weighted by atomic mass is 16.3. The molecule has 1 saturated heterocycles. The van der Waals surface area contributed by atoms with Crippen molar-refractivity contribution in [2.45, 2.75) is 39.3 Å². The number of carbonyl (C=O) groups excluding carboxylic acids is 1. The smallest absolute Gasteiger partial charge is 0.234 e. The molecule has 110 valence electrons. The van der Waals surface area contributed by atoms with Crippen molar-refractivity contribution in [3.8, 4) is 0 Å². The van der Waals surface area contributed by atoms with Crippen LogP contribution in [0.15, 0.2) is 12.3 Å². The number of rotatable bonds is 4. The Kier molecular flexibility index (Phi) is 5.09. The summed E-state index contributed by atoms with van der Waals surface area (Å²) in [7, 11) is 0. The zero-order valence-corrected chi connectivity index (χ0v) is 12.2. The summed E-state index contributed by atoms with van der Waals surface area (Å²) in [5.41, 5.74) is 3.17. The molecule has 1 amide bonds. The van der Waals surface area contributed by atoms with Crippen molar-refractivity contribution in [2.75, 3.05) is 19.6 Å². The molecule has 2 heterocycles. The molecule has 2 N–H and O–H groups in total. The van der Waals surface area contributed by atoms with Crippen molar-refractivity contribution in [3.63, 3.8) is 0 Å². The highest BCUT2D eigenvalue weighted by molar-refractivity contribution is 5.78. The van der Waals surface area contributed by atoms with Gasteiger partial charge in [-0.3, -0.25) is 14.7 Å². The normalized spacial score (nSPS) is 19.9. The minimum absolute atomic E-state index is 0.000856. The second-order valence-electron chi connectivity index (χ2n) is 5.56. The molecule has 5 nitrogen and oxygen atoms in total. The van der Waals surface area contributed by atoms with Gasteiger partial charge in [0, 0.05) is 25.0 Å². The Bertz CT molecular complexity index is 476. The molecular weight excluding hydrogens is 254 g/mol. The van der Waals surface area contributed by atoms with Gasteiger partial charge in [0.05, 0.1) is 12.6 Å². The predicted molar refractivity (Wildman–Crippen MR) is 77.2 cm³/mol. The number of likely N-dealkylation sites (tertiary alicyclic amines) is 1. The fourth-order valence-corrected chi connectivity index (χ4v) is 2.54. The van der Waals surface area contributed by atoms with Gasteiger partial charge in [-0.2, -0.15) is 0 Å². The summed E-state index contributed by atoms with van der Waals surface area (Å²) in [6.45, 7) is 6.33. The highest BCUT2D eigenvalue weighted by Crippen LogP contribution is 2.10. The number of aliphatic hydroxyl groups excluding tert-OH is 1. The number of β-amino-alcohol motifs (C(OH)–C–C–N with tert-alkyl or cyclic N) is 1. The summed E-state index contributed by atoms with van der Waals surface area (Å²) >= 11 is 0. The Hall–Kier alpha value is -1.46. The van der Waals surface area contributed by atoms with Gasteiger partial charge in [-0.05, 0) is 50.4 Å². The number of nitrogens with one attached hydrogen (secondary N) is 1. The Morgan fingerprint density at radius 3 is 3.05 bits per heavy atom. The number of pyridine rings is 1. The van der Waals surface area contributed by atoms with Crippen LogP contribution in [-0.2, 0) is 11.3 Å². The summed E-state index contributed by atoms with van der Waals surface area (Å²) in [5.74, 6) is -0.000856. The largest absolute Gasteiger partial charge is 0.392 e. The van der Waals surface area contributed by atoms with Gasteiger partial charge in [-0.25, -0.2) is 0 Å². The van der Waals surface area contributed by atoms with E-state index in [4.69, 9.17) is 0 Å². The monoisotopic (exact) mass is 277 g/mol. The highest BCUT2D eigenvalue weighted by Gasteiger charge is 2.19. The van der Waals surface area contributed by atoms with Gasteiger partial charge in [0.25, 0.3) is 0 Å². The lowest BCUT2D eigenvalue weighted by Crippen LogP contribution is -2.44. The lowest BCUT2D eigenvalue weighted by atomic mass is 10.1. The van der Waals surface area contributed by atoms with Crippen LogP contribution in [-0.4, -0.2) is 46.6 Å². The summed E-state index contributed by atoms with van der Waals surface area (Å²) in [4.78, 5) is 18.2. The molecule has 20 heavy (non-hydrogen) atoms. The summed E-state index contributed by atoms with van der Waals surface area (Å²) in [5, 5.41) is 12.5. The fourth-order valence-electron chi connectivity index (χ4n) is 2.54. The van der Waals surface area contributed by atoms with Crippen LogP contribution in [0.5, 0.6) is 0 Å². The van der Waals surface area contributed by atoms with Crippen molar-refractivity contribution in [1.82, 2.24) is 15.2 Å². The summed E-state index contributed by atoms with van der Waals surface area (Å²) in [6.07, 6.45) is 3.32. The van der Waals surface area contributed by atoms with E-state index in [-0.39, 0.29) is 12.0 Å². The van der Waals surface area contributed by atoms with Gasteiger partial charge in [-0.15, -0.1) is 0 Å². The van der Waals surface area contributed by atoms with E-state index >= 15 is 0 Å².